The summed E-state index contributed by atoms with van der Waals surface area (Å²) in [6.45, 7) is 0. The summed E-state index contributed by atoms with van der Waals surface area (Å²) in [7, 11) is 0. The number of carbonyl (C=O) groups is 2. The predicted octanol–water partition coefficient (Wildman–Crippen LogP) is 0.242. The Balaban J connectivity index is 2.58. The van der Waals surface area contributed by atoms with E-state index in [2.05, 4.69) is 4.98 Å². The first-order valence-electron chi connectivity index (χ1n) is 4.70. The smallest absolute Gasteiger partial charge is 0.337 e. The fourth-order valence-electron chi connectivity index (χ4n) is 1.51. The number of hydrogen-bond acceptors (Lipinski definition) is 4. The van der Waals surface area contributed by atoms with Gasteiger partial charge in [-0.15, -0.1) is 0 Å². The molecule has 0 atom stereocenters. The second kappa shape index (κ2) is 3.78. The molecule has 88 valence electrons. The largest absolute Gasteiger partial charge is 0.481 e. The van der Waals surface area contributed by atoms with Gasteiger partial charge in [0.2, 0.25) is 0 Å². The molecule has 0 bridgehead atoms. The van der Waals surface area contributed by atoms with Gasteiger partial charge in [0.1, 0.15) is 11.5 Å². The molecular formula is C10H9N3O4. The quantitative estimate of drug-likeness (QED) is 0.701. The van der Waals surface area contributed by atoms with Crippen LogP contribution in [0.15, 0.2) is 18.3 Å². The van der Waals surface area contributed by atoms with E-state index in [1.54, 1.807) is 0 Å². The average Bonchev–Trinajstić information content (AvgIpc) is 2.55. The van der Waals surface area contributed by atoms with Gasteiger partial charge in [-0.05, 0) is 12.1 Å². The Morgan fingerprint density at radius 2 is 2.06 bits per heavy atom. The normalized spacial score (nSPS) is 10.6. The van der Waals surface area contributed by atoms with Crippen LogP contribution in [0.2, 0.25) is 0 Å². The number of aromatic nitrogens is 2. The molecule has 7 nitrogen and oxygen atoms in total. The van der Waals surface area contributed by atoms with Gasteiger partial charge >= 0.3 is 11.9 Å². The van der Waals surface area contributed by atoms with Crippen molar-refractivity contribution in [3.05, 3.63) is 29.6 Å². The van der Waals surface area contributed by atoms with Crippen LogP contribution in [0.3, 0.4) is 0 Å². The van der Waals surface area contributed by atoms with E-state index in [9.17, 15) is 9.59 Å². The number of rotatable bonds is 3. The standard InChI is InChI=1S/C10H9N3O4/c11-9-6(3-8(14)15)12-7-2-1-5(10(16)17)4-13(7)9/h1-2,4H,3,11H2,(H,14,15)(H,16,17). The molecule has 17 heavy (non-hydrogen) atoms. The van der Waals surface area contributed by atoms with Crippen LogP contribution in [0, 0.1) is 0 Å². The number of nitrogen functional groups attached to an aromatic ring is 1. The number of imidazole rings is 1. The Morgan fingerprint density at radius 3 is 2.65 bits per heavy atom. The zero-order valence-electron chi connectivity index (χ0n) is 8.62. The van der Waals surface area contributed by atoms with Crippen molar-refractivity contribution in [2.75, 3.05) is 5.73 Å². The minimum atomic E-state index is -1.08. The van der Waals surface area contributed by atoms with E-state index in [1.165, 1.54) is 22.7 Å². The highest BCUT2D eigenvalue weighted by molar-refractivity contribution is 5.87. The zero-order valence-corrected chi connectivity index (χ0v) is 8.62. The molecule has 0 radical (unpaired) electrons. The summed E-state index contributed by atoms with van der Waals surface area (Å²) < 4.78 is 1.36. The van der Waals surface area contributed by atoms with Crippen LogP contribution in [0.5, 0.6) is 0 Å². The number of carboxylic acids is 2. The van der Waals surface area contributed by atoms with E-state index in [4.69, 9.17) is 15.9 Å². The topological polar surface area (TPSA) is 118 Å². The third-order valence-electron chi connectivity index (χ3n) is 2.30. The maximum atomic E-state index is 10.8. The monoisotopic (exact) mass is 235 g/mol. The average molecular weight is 235 g/mol. The Hall–Kier alpha value is -2.57. The third-order valence-corrected chi connectivity index (χ3v) is 2.30. The zero-order chi connectivity index (χ0) is 12.6. The fourth-order valence-corrected chi connectivity index (χ4v) is 1.51. The molecule has 0 saturated carbocycles. The molecule has 0 fully saturated rings. The van der Waals surface area contributed by atoms with E-state index in [1.807, 2.05) is 0 Å². The molecule has 7 heteroatoms. The SMILES string of the molecule is Nc1c(CC(=O)O)nc2ccc(C(=O)O)cn12. The van der Waals surface area contributed by atoms with Crippen molar-refractivity contribution < 1.29 is 19.8 Å². The number of aromatic carboxylic acids is 1. The van der Waals surface area contributed by atoms with Crippen molar-refractivity contribution in [1.29, 1.82) is 0 Å². The van der Waals surface area contributed by atoms with Crippen LogP contribution in [0.1, 0.15) is 16.1 Å². The molecule has 0 amide bonds. The summed E-state index contributed by atoms with van der Waals surface area (Å²) in [5.74, 6) is -1.98. The van der Waals surface area contributed by atoms with Gasteiger partial charge in [0.15, 0.2) is 0 Å². The van der Waals surface area contributed by atoms with Gasteiger partial charge in [0.25, 0.3) is 0 Å². The van der Waals surface area contributed by atoms with Gasteiger partial charge in [0.05, 0.1) is 17.7 Å². The second-order valence-corrected chi connectivity index (χ2v) is 3.47. The van der Waals surface area contributed by atoms with Crippen molar-refractivity contribution in [1.82, 2.24) is 9.38 Å². The summed E-state index contributed by atoms with van der Waals surface area (Å²) in [5, 5.41) is 17.5. The molecule has 0 aliphatic heterocycles. The molecule has 2 heterocycles. The highest BCUT2D eigenvalue weighted by Crippen LogP contribution is 2.16. The van der Waals surface area contributed by atoms with E-state index < -0.39 is 11.9 Å². The summed E-state index contributed by atoms with van der Waals surface area (Å²) in [6, 6.07) is 2.86. The van der Waals surface area contributed by atoms with E-state index in [-0.39, 0.29) is 23.5 Å². The lowest BCUT2D eigenvalue weighted by molar-refractivity contribution is -0.136. The molecule has 0 saturated heterocycles. The summed E-state index contributed by atoms with van der Waals surface area (Å²) >= 11 is 0. The molecule has 0 unspecified atom stereocenters. The number of carboxylic acid groups (broad SMARTS) is 2. The number of fused-ring (bicyclic) bond motifs is 1. The molecule has 4 N–H and O–H groups in total. The summed E-state index contributed by atoms with van der Waals surface area (Å²) in [4.78, 5) is 25.4. The lowest BCUT2D eigenvalue weighted by Gasteiger charge is -1.98. The Kier molecular flexibility index (Phi) is 2.43. The van der Waals surface area contributed by atoms with E-state index in [0.717, 1.165) is 0 Å². The molecule has 0 spiro atoms. The molecule has 2 aromatic rings. The minimum Gasteiger partial charge on any atom is -0.481 e. The van der Waals surface area contributed by atoms with Crippen LogP contribution in [0.4, 0.5) is 5.82 Å². The van der Waals surface area contributed by atoms with E-state index in [0.29, 0.717) is 5.65 Å². The van der Waals surface area contributed by atoms with Gasteiger partial charge in [0, 0.05) is 6.20 Å². The number of pyridine rings is 1. The predicted molar refractivity (Wildman–Crippen MR) is 57.9 cm³/mol. The van der Waals surface area contributed by atoms with Crippen molar-refractivity contribution in [3.63, 3.8) is 0 Å². The van der Waals surface area contributed by atoms with Crippen LogP contribution in [-0.2, 0) is 11.2 Å². The molecule has 2 rings (SSSR count). The Labute approximate surface area is 95.1 Å². The molecular weight excluding hydrogens is 226 g/mol. The lowest BCUT2D eigenvalue weighted by Crippen LogP contribution is -2.04. The van der Waals surface area contributed by atoms with Gasteiger partial charge in [-0.25, -0.2) is 9.78 Å². The molecule has 0 aliphatic carbocycles. The number of hydrogen-bond donors (Lipinski definition) is 3. The lowest BCUT2D eigenvalue weighted by atomic mass is 10.3. The van der Waals surface area contributed by atoms with Crippen LogP contribution >= 0.6 is 0 Å². The third kappa shape index (κ3) is 1.89. The first-order chi connectivity index (χ1) is 7.99. The molecule has 0 aliphatic rings. The second-order valence-electron chi connectivity index (χ2n) is 3.47. The number of aliphatic carboxylic acids is 1. The summed E-state index contributed by atoms with van der Waals surface area (Å²) in [6.07, 6.45) is 1.02. The van der Waals surface area contributed by atoms with Crippen molar-refractivity contribution in [3.8, 4) is 0 Å². The van der Waals surface area contributed by atoms with Gasteiger partial charge in [-0.1, -0.05) is 0 Å². The first kappa shape index (κ1) is 10.9. The van der Waals surface area contributed by atoms with Crippen LogP contribution in [-0.4, -0.2) is 31.5 Å². The van der Waals surface area contributed by atoms with Gasteiger partial charge in [-0.2, -0.15) is 0 Å². The fraction of sp³-hybridized carbons (Fsp3) is 0.100. The minimum absolute atomic E-state index is 0.0588. The number of anilines is 1. The van der Waals surface area contributed by atoms with E-state index >= 15 is 0 Å². The summed E-state index contributed by atoms with van der Waals surface area (Å²) in [5.41, 5.74) is 6.40. The Bertz CT molecular complexity index is 617. The van der Waals surface area contributed by atoms with Gasteiger partial charge in [-0.3, -0.25) is 9.20 Å². The van der Waals surface area contributed by atoms with Crippen molar-refractivity contribution in [2.45, 2.75) is 6.42 Å². The number of nitrogens with two attached hydrogens (primary N) is 1. The van der Waals surface area contributed by atoms with Crippen LogP contribution in [0.25, 0.3) is 5.65 Å². The maximum Gasteiger partial charge on any atom is 0.337 e. The van der Waals surface area contributed by atoms with Crippen LogP contribution < -0.4 is 5.73 Å². The molecule has 0 aromatic carbocycles. The first-order valence-corrected chi connectivity index (χ1v) is 4.70. The highest BCUT2D eigenvalue weighted by Gasteiger charge is 2.13. The van der Waals surface area contributed by atoms with Crippen molar-refractivity contribution in [2.24, 2.45) is 0 Å². The number of nitrogens with zero attached hydrogens (tertiary/aromatic N) is 2. The maximum absolute atomic E-state index is 10.8. The Morgan fingerprint density at radius 1 is 1.35 bits per heavy atom. The van der Waals surface area contributed by atoms with Crippen molar-refractivity contribution >= 4 is 23.4 Å². The van der Waals surface area contributed by atoms with Gasteiger partial charge < -0.3 is 15.9 Å². The highest BCUT2D eigenvalue weighted by atomic mass is 16.4. The molecule has 2 aromatic heterocycles.